The number of oxime groups is 1. The van der Waals surface area contributed by atoms with Crippen LogP contribution in [0.3, 0.4) is 0 Å². The third-order valence-electron chi connectivity index (χ3n) is 2.78. The van der Waals surface area contributed by atoms with Crippen molar-refractivity contribution in [1.82, 2.24) is 0 Å². The molecule has 0 aliphatic rings. The number of hydrogen-bond acceptors (Lipinski definition) is 6. The van der Waals surface area contributed by atoms with Gasteiger partial charge in [0.2, 0.25) is 0 Å². The number of amides is 1. The molecule has 0 aliphatic heterocycles. The topological polar surface area (TPSA) is 103 Å². The average molecular weight is 315 g/mol. The van der Waals surface area contributed by atoms with Crippen molar-refractivity contribution >= 4 is 23.7 Å². The molecule has 1 N–H and O–H groups in total. The van der Waals surface area contributed by atoms with Crippen LogP contribution in [0.5, 0.6) is 5.75 Å². The summed E-state index contributed by atoms with van der Waals surface area (Å²) in [6, 6.07) is 12.3. The largest absolute Gasteiger partial charge is 0.497 e. The lowest BCUT2D eigenvalue weighted by Crippen LogP contribution is -2.10. The maximum absolute atomic E-state index is 11.5. The molecule has 2 aromatic rings. The van der Waals surface area contributed by atoms with Gasteiger partial charge in [0.05, 0.1) is 18.2 Å². The molecule has 0 radical (unpaired) electrons. The highest BCUT2D eigenvalue weighted by Crippen LogP contribution is 2.15. The molecule has 0 saturated heterocycles. The highest BCUT2D eigenvalue weighted by atomic mass is 16.7. The van der Waals surface area contributed by atoms with Crippen LogP contribution in [0.1, 0.15) is 5.56 Å². The molecule has 1 amide bonds. The van der Waals surface area contributed by atoms with Crippen LogP contribution in [0, 0.1) is 10.1 Å². The van der Waals surface area contributed by atoms with Crippen molar-refractivity contribution in [2.24, 2.45) is 5.16 Å². The van der Waals surface area contributed by atoms with Crippen molar-refractivity contribution in [1.29, 1.82) is 0 Å². The summed E-state index contributed by atoms with van der Waals surface area (Å²) >= 11 is 0. The lowest BCUT2D eigenvalue weighted by molar-refractivity contribution is -0.384. The standard InChI is InChI=1S/C15H13N3O5/c1-22-14-8-4-12(5-9-14)17-15(19)23-16-10-11-2-6-13(7-3-11)18(20)21/h2-10H,1H3,(H,17,19)/b16-10+. The molecule has 0 unspecified atom stereocenters. The molecular weight excluding hydrogens is 302 g/mol. The maximum Gasteiger partial charge on any atom is 0.437 e. The van der Waals surface area contributed by atoms with Crippen molar-refractivity contribution in [3.05, 3.63) is 64.2 Å². The summed E-state index contributed by atoms with van der Waals surface area (Å²) in [4.78, 5) is 26.2. The number of methoxy groups -OCH3 is 1. The first-order chi connectivity index (χ1) is 11.1. The van der Waals surface area contributed by atoms with Crippen molar-refractivity contribution in [3.8, 4) is 5.75 Å². The van der Waals surface area contributed by atoms with E-state index >= 15 is 0 Å². The van der Waals surface area contributed by atoms with Gasteiger partial charge in [-0.1, -0.05) is 5.16 Å². The molecule has 0 spiro atoms. The van der Waals surface area contributed by atoms with E-state index in [4.69, 9.17) is 4.74 Å². The molecule has 2 rings (SSSR count). The molecule has 0 aromatic heterocycles. The number of nitro groups is 1. The zero-order chi connectivity index (χ0) is 16.7. The highest BCUT2D eigenvalue weighted by Gasteiger charge is 2.04. The van der Waals surface area contributed by atoms with Crippen LogP contribution in [0.2, 0.25) is 0 Å². The second-order valence-corrected chi connectivity index (χ2v) is 4.32. The van der Waals surface area contributed by atoms with Gasteiger partial charge < -0.3 is 4.74 Å². The van der Waals surface area contributed by atoms with Gasteiger partial charge in [-0.25, -0.2) is 4.79 Å². The van der Waals surface area contributed by atoms with Crippen LogP contribution in [-0.2, 0) is 4.84 Å². The van der Waals surface area contributed by atoms with Crippen molar-refractivity contribution in [3.63, 3.8) is 0 Å². The zero-order valence-electron chi connectivity index (χ0n) is 12.1. The highest BCUT2D eigenvalue weighted by molar-refractivity contribution is 5.86. The van der Waals surface area contributed by atoms with Crippen LogP contribution in [-0.4, -0.2) is 24.3 Å². The molecule has 0 aliphatic carbocycles. The van der Waals surface area contributed by atoms with E-state index in [2.05, 4.69) is 15.3 Å². The van der Waals surface area contributed by atoms with Gasteiger partial charge in [0.25, 0.3) is 5.69 Å². The van der Waals surface area contributed by atoms with E-state index in [1.54, 1.807) is 31.4 Å². The van der Waals surface area contributed by atoms with E-state index in [1.165, 1.54) is 30.5 Å². The van der Waals surface area contributed by atoms with E-state index in [0.717, 1.165) is 0 Å². The maximum atomic E-state index is 11.5. The minimum Gasteiger partial charge on any atom is -0.497 e. The lowest BCUT2D eigenvalue weighted by Gasteiger charge is -2.03. The van der Waals surface area contributed by atoms with Crippen LogP contribution in [0.15, 0.2) is 53.7 Å². The van der Waals surface area contributed by atoms with Gasteiger partial charge in [-0.3, -0.25) is 20.3 Å². The first kappa shape index (κ1) is 16.0. The Morgan fingerprint density at radius 1 is 1.17 bits per heavy atom. The van der Waals surface area contributed by atoms with E-state index in [9.17, 15) is 14.9 Å². The Hall–Kier alpha value is -3.42. The van der Waals surface area contributed by atoms with Crippen molar-refractivity contribution in [2.45, 2.75) is 0 Å². The van der Waals surface area contributed by atoms with Crippen LogP contribution in [0.4, 0.5) is 16.2 Å². The van der Waals surface area contributed by atoms with Gasteiger partial charge in [0.1, 0.15) is 5.75 Å². The van der Waals surface area contributed by atoms with Gasteiger partial charge in [0, 0.05) is 17.8 Å². The van der Waals surface area contributed by atoms with E-state index in [1.807, 2.05) is 0 Å². The fourth-order valence-electron chi connectivity index (χ4n) is 1.63. The van der Waals surface area contributed by atoms with E-state index < -0.39 is 11.0 Å². The number of hydrogen-bond donors (Lipinski definition) is 1. The van der Waals surface area contributed by atoms with Crippen molar-refractivity contribution in [2.75, 3.05) is 12.4 Å². The summed E-state index contributed by atoms with van der Waals surface area (Å²) in [5, 5.41) is 16.5. The summed E-state index contributed by atoms with van der Waals surface area (Å²) in [5.41, 5.74) is 1.06. The number of carbonyl (C=O) groups is 1. The third-order valence-corrected chi connectivity index (χ3v) is 2.78. The minimum atomic E-state index is -0.756. The lowest BCUT2D eigenvalue weighted by atomic mass is 10.2. The number of non-ortho nitro benzene ring substituents is 1. The number of carbonyl (C=O) groups excluding carboxylic acids is 1. The second kappa shape index (κ2) is 7.55. The molecule has 8 heteroatoms. The summed E-state index contributed by atoms with van der Waals surface area (Å²) in [5.74, 6) is 0.667. The summed E-state index contributed by atoms with van der Waals surface area (Å²) < 4.78 is 5.00. The Morgan fingerprint density at radius 3 is 2.39 bits per heavy atom. The number of nitrogens with one attached hydrogen (secondary N) is 1. The molecular formula is C15H13N3O5. The summed E-state index contributed by atoms with van der Waals surface area (Å²) in [7, 11) is 1.55. The molecule has 0 atom stereocenters. The summed E-state index contributed by atoms with van der Waals surface area (Å²) in [6.45, 7) is 0. The first-order valence-corrected chi connectivity index (χ1v) is 6.48. The number of ether oxygens (including phenoxy) is 1. The van der Waals surface area contributed by atoms with Crippen LogP contribution >= 0.6 is 0 Å². The van der Waals surface area contributed by atoms with Gasteiger partial charge in [0.15, 0.2) is 0 Å². The number of benzene rings is 2. The molecule has 0 bridgehead atoms. The molecule has 0 heterocycles. The molecule has 2 aromatic carbocycles. The van der Waals surface area contributed by atoms with Gasteiger partial charge in [-0.05, 0) is 42.0 Å². The van der Waals surface area contributed by atoms with E-state index in [-0.39, 0.29) is 5.69 Å². The number of nitrogens with zero attached hydrogens (tertiary/aromatic N) is 2. The Balaban J connectivity index is 1.86. The Morgan fingerprint density at radius 2 is 1.83 bits per heavy atom. The molecule has 0 saturated carbocycles. The molecule has 118 valence electrons. The Labute approximate surface area is 131 Å². The van der Waals surface area contributed by atoms with Crippen molar-refractivity contribution < 1.29 is 19.3 Å². The average Bonchev–Trinajstić information content (AvgIpc) is 2.56. The van der Waals surface area contributed by atoms with Gasteiger partial charge in [-0.2, -0.15) is 0 Å². The van der Waals surface area contributed by atoms with Crippen LogP contribution < -0.4 is 10.1 Å². The quantitative estimate of drug-likeness (QED) is 0.395. The van der Waals surface area contributed by atoms with Gasteiger partial charge >= 0.3 is 6.09 Å². The second-order valence-electron chi connectivity index (χ2n) is 4.32. The Bertz CT molecular complexity index is 711. The predicted octanol–water partition coefficient (Wildman–Crippen LogP) is 3.19. The molecule has 23 heavy (non-hydrogen) atoms. The number of nitro benzene ring substituents is 1. The predicted molar refractivity (Wildman–Crippen MR) is 83.8 cm³/mol. The summed E-state index contributed by atoms with van der Waals surface area (Å²) in [6.07, 6.45) is 0.519. The molecule has 8 nitrogen and oxygen atoms in total. The van der Waals surface area contributed by atoms with E-state index in [0.29, 0.717) is 17.0 Å². The Kier molecular flexibility index (Phi) is 5.24. The smallest absolute Gasteiger partial charge is 0.437 e. The van der Waals surface area contributed by atoms with Crippen LogP contribution in [0.25, 0.3) is 0 Å². The minimum absolute atomic E-state index is 0.0275. The zero-order valence-corrected chi connectivity index (χ0v) is 12.1. The molecule has 0 fully saturated rings. The SMILES string of the molecule is COc1ccc(NC(=O)O/N=C/c2ccc([N+](=O)[O-])cc2)cc1. The number of anilines is 1. The number of rotatable bonds is 5. The fraction of sp³-hybridized carbons (Fsp3) is 0.0667. The third kappa shape index (κ3) is 4.81. The monoisotopic (exact) mass is 315 g/mol. The van der Waals surface area contributed by atoms with Gasteiger partial charge in [-0.15, -0.1) is 0 Å². The first-order valence-electron chi connectivity index (χ1n) is 6.48. The fourth-order valence-corrected chi connectivity index (χ4v) is 1.63. The normalized spacial score (nSPS) is 10.3.